The molecule has 3 aromatic heterocycles. The minimum absolute atomic E-state index is 0.182. The molecule has 1 aromatic carbocycles. The van der Waals surface area contributed by atoms with E-state index in [0.717, 1.165) is 53.1 Å². The summed E-state index contributed by atoms with van der Waals surface area (Å²) < 4.78 is 7.26. The predicted octanol–water partition coefficient (Wildman–Crippen LogP) is 6.05. The molecule has 5 rings (SSSR count). The van der Waals surface area contributed by atoms with Crippen molar-refractivity contribution in [3.05, 3.63) is 59.0 Å². The highest BCUT2D eigenvalue weighted by Gasteiger charge is 2.31. The van der Waals surface area contributed by atoms with E-state index in [1.54, 1.807) is 17.7 Å². The third kappa shape index (κ3) is 3.90. The maximum atomic E-state index is 6.18. The molecule has 1 N–H and O–H groups in total. The number of rotatable bonds is 6. The van der Waals surface area contributed by atoms with Crippen molar-refractivity contribution in [1.29, 1.82) is 0 Å². The molecule has 0 saturated carbocycles. The van der Waals surface area contributed by atoms with Crippen LogP contribution in [-0.2, 0) is 30.7 Å². The number of ether oxygens (including phenoxy) is 1. The topological polar surface area (TPSA) is 59.9 Å². The molecular weight excluding hydrogens is 404 g/mol. The molecule has 0 bridgehead atoms. The molecule has 4 aromatic rings. The van der Waals surface area contributed by atoms with E-state index >= 15 is 0 Å². The van der Waals surface area contributed by atoms with Gasteiger partial charge in [-0.3, -0.25) is 0 Å². The lowest BCUT2D eigenvalue weighted by Gasteiger charge is -2.33. The van der Waals surface area contributed by atoms with Crippen molar-refractivity contribution in [2.45, 2.75) is 65.2 Å². The summed E-state index contributed by atoms with van der Waals surface area (Å²) in [6, 6.07) is 10.4. The normalized spacial score (nSPS) is 15.3. The molecule has 0 spiro atoms. The molecule has 1 aliphatic heterocycles. The number of aromatic nitrogens is 3. The molecule has 4 heterocycles. The lowest BCUT2D eigenvalue weighted by atomic mass is 9.88. The fourth-order valence-electron chi connectivity index (χ4n) is 4.33. The highest BCUT2D eigenvalue weighted by molar-refractivity contribution is 7.26. The zero-order valence-corrected chi connectivity index (χ0v) is 19.2. The zero-order chi connectivity index (χ0) is 21.4. The number of aryl methyl sites for hydroxylation is 1. The Morgan fingerprint density at radius 2 is 1.97 bits per heavy atom. The van der Waals surface area contributed by atoms with Crippen LogP contribution in [0.15, 0.2) is 36.7 Å². The third-order valence-corrected chi connectivity index (χ3v) is 7.06. The summed E-state index contributed by atoms with van der Waals surface area (Å²) in [4.78, 5) is 15.5. The number of unbranched alkanes of at least 4 members (excludes halogenated alkanes) is 1. The number of anilines is 1. The molecule has 0 amide bonds. The van der Waals surface area contributed by atoms with Gasteiger partial charge in [-0.2, -0.15) is 0 Å². The van der Waals surface area contributed by atoms with Crippen LogP contribution in [0.5, 0.6) is 0 Å². The standard InChI is InChI=1S/C25H28N4OS/c1-4-5-11-19-18-14-30-25(2,3)12-17(18)20-21-22(31-24(20)29-19)23(28-15-27-21)26-13-16-9-7-6-8-10-16/h6-10,15H,4-5,11-14H2,1-3H3,(H,26,27,28). The molecule has 31 heavy (non-hydrogen) atoms. The number of pyridine rings is 1. The van der Waals surface area contributed by atoms with Crippen molar-refractivity contribution in [2.75, 3.05) is 5.32 Å². The average Bonchev–Trinajstić information content (AvgIpc) is 3.15. The summed E-state index contributed by atoms with van der Waals surface area (Å²) in [5.41, 5.74) is 5.89. The molecule has 0 atom stereocenters. The van der Waals surface area contributed by atoms with Gasteiger partial charge in [0.15, 0.2) is 0 Å². The van der Waals surface area contributed by atoms with Crippen LogP contribution < -0.4 is 5.32 Å². The number of fused-ring (bicyclic) bond motifs is 5. The van der Waals surface area contributed by atoms with Crippen LogP contribution in [-0.4, -0.2) is 20.6 Å². The Hall–Kier alpha value is -2.57. The van der Waals surface area contributed by atoms with Gasteiger partial charge in [-0.1, -0.05) is 43.7 Å². The van der Waals surface area contributed by atoms with Gasteiger partial charge in [-0.05, 0) is 37.8 Å². The van der Waals surface area contributed by atoms with E-state index in [2.05, 4.69) is 55.3 Å². The number of benzene rings is 1. The maximum Gasteiger partial charge on any atom is 0.147 e. The summed E-state index contributed by atoms with van der Waals surface area (Å²) in [6.45, 7) is 7.93. The Morgan fingerprint density at radius 3 is 2.77 bits per heavy atom. The minimum atomic E-state index is -0.182. The van der Waals surface area contributed by atoms with Crippen LogP contribution >= 0.6 is 11.3 Å². The number of hydrogen-bond donors (Lipinski definition) is 1. The molecular formula is C25H28N4OS. The Balaban J connectivity index is 1.64. The zero-order valence-electron chi connectivity index (χ0n) is 18.4. The van der Waals surface area contributed by atoms with E-state index in [1.807, 2.05) is 6.07 Å². The monoisotopic (exact) mass is 432 g/mol. The second-order valence-electron chi connectivity index (χ2n) is 8.87. The lowest BCUT2D eigenvalue weighted by molar-refractivity contribution is -0.0401. The van der Waals surface area contributed by atoms with Crippen molar-refractivity contribution in [3.8, 4) is 0 Å². The van der Waals surface area contributed by atoms with Crippen molar-refractivity contribution >= 4 is 37.6 Å². The molecule has 0 aliphatic carbocycles. The van der Waals surface area contributed by atoms with E-state index in [9.17, 15) is 0 Å². The van der Waals surface area contributed by atoms with Gasteiger partial charge in [0.25, 0.3) is 0 Å². The van der Waals surface area contributed by atoms with Gasteiger partial charge in [0.2, 0.25) is 0 Å². The van der Waals surface area contributed by atoms with Crippen LogP contribution in [0.3, 0.4) is 0 Å². The number of hydrogen-bond acceptors (Lipinski definition) is 6. The van der Waals surface area contributed by atoms with Gasteiger partial charge >= 0.3 is 0 Å². The van der Waals surface area contributed by atoms with Crippen LogP contribution in [0, 0.1) is 0 Å². The van der Waals surface area contributed by atoms with Crippen molar-refractivity contribution in [1.82, 2.24) is 15.0 Å². The van der Waals surface area contributed by atoms with E-state index < -0.39 is 0 Å². The Kier molecular flexibility index (Phi) is 5.36. The molecule has 0 radical (unpaired) electrons. The smallest absolute Gasteiger partial charge is 0.147 e. The fourth-order valence-corrected chi connectivity index (χ4v) is 5.48. The number of thiophene rings is 1. The van der Waals surface area contributed by atoms with Gasteiger partial charge in [0, 0.05) is 29.6 Å². The van der Waals surface area contributed by atoms with Gasteiger partial charge < -0.3 is 10.1 Å². The number of nitrogens with one attached hydrogen (secondary N) is 1. The van der Waals surface area contributed by atoms with Crippen LogP contribution in [0.4, 0.5) is 5.82 Å². The summed E-state index contributed by atoms with van der Waals surface area (Å²) in [5, 5.41) is 4.71. The number of nitrogens with zero attached hydrogens (tertiary/aromatic N) is 3. The first-order valence-corrected chi connectivity index (χ1v) is 11.9. The summed E-state index contributed by atoms with van der Waals surface area (Å²) in [5.74, 6) is 0.882. The van der Waals surface area contributed by atoms with Gasteiger partial charge in [0.05, 0.1) is 22.4 Å². The minimum Gasteiger partial charge on any atom is -0.370 e. The van der Waals surface area contributed by atoms with Gasteiger partial charge in [0.1, 0.15) is 17.0 Å². The van der Waals surface area contributed by atoms with Gasteiger partial charge in [-0.15, -0.1) is 11.3 Å². The van der Waals surface area contributed by atoms with E-state index in [4.69, 9.17) is 14.7 Å². The third-order valence-electron chi connectivity index (χ3n) is 5.98. The van der Waals surface area contributed by atoms with Crippen molar-refractivity contribution in [2.24, 2.45) is 0 Å². The van der Waals surface area contributed by atoms with Crippen molar-refractivity contribution < 1.29 is 4.74 Å². The van der Waals surface area contributed by atoms with E-state index in [-0.39, 0.29) is 5.60 Å². The largest absolute Gasteiger partial charge is 0.370 e. The summed E-state index contributed by atoms with van der Waals surface area (Å²) >= 11 is 1.70. The molecule has 5 nitrogen and oxygen atoms in total. The maximum absolute atomic E-state index is 6.18. The molecule has 1 aliphatic rings. The van der Waals surface area contributed by atoms with Crippen molar-refractivity contribution in [3.63, 3.8) is 0 Å². The van der Waals surface area contributed by atoms with E-state index in [1.165, 1.54) is 27.8 Å². The van der Waals surface area contributed by atoms with Crippen LogP contribution in [0.1, 0.15) is 56.0 Å². The Morgan fingerprint density at radius 1 is 1.13 bits per heavy atom. The predicted molar refractivity (Wildman–Crippen MR) is 128 cm³/mol. The van der Waals surface area contributed by atoms with E-state index in [0.29, 0.717) is 6.61 Å². The Bertz CT molecular complexity index is 1230. The second kappa shape index (κ2) is 8.17. The first-order valence-electron chi connectivity index (χ1n) is 11.1. The highest BCUT2D eigenvalue weighted by atomic mass is 32.1. The first kappa shape index (κ1) is 20.3. The molecule has 0 fully saturated rings. The van der Waals surface area contributed by atoms with Crippen LogP contribution in [0.2, 0.25) is 0 Å². The Labute approximate surface area is 186 Å². The second-order valence-corrected chi connectivity index (χ2v) is 9.86. The summed E-state index contributed by atoms with van der Waals surface area (Å²) in [6.07, 6.45) is 5.85. The molecule has 6 heteroatoms. The molecule has 0 unspecified atom stereocenters. The quantitative estimate of drug-likeness (QED) is 0.402. The molecule has 0 saturated heterocycles. The lowest BCUT2D eigenvalue weighted by Crippen LogP contribution is -2.32. The highest BCUT2D eigenvalue weighted by Crippen LogP contribution is 2.42. The SMILES string of the molecule is CCCCc1nc2sc3c(NCc4ccccc4)ncnc3c2c2c1COC(C)(C)C2. The molecule has 160 valence electrons. The summed E-state index contributed by atoms with van der Waals surface area (Å²) in [7, 11) is 0. The first-order chi connectivity index (χ1) is 15.1. The van der Waals surface area contributed by atoms with Gasteiger partial charge in [-0.25, -0.2) is 15.0 Å². The average molecular weight is 433 g/mol. The van der Waals surface area contributed by atoms with Crippen LogP contribution in [0.25, 0.3) is 20.4 Å². The fraction of sp³-hybridized carbons (Fsp3) is 0.400.